The van der Waals surface area contributed by atoms with E-state index in [0.717, 1.165) is 0 Å². The molecule has 0 saturated heterocycles. The molecule has 0 radical (unpaired) electrons. The van der Waals surface area contributed by atoms with Gasteiger partial charge < -0.3 is 15.8 Å². The molecule has 0 unspecified atom stereocenters. The molecule has 26 heavy (non-hydrogen) atoms. The first-order valence-electron chi connectivity index (χ1n) is 7.83. The summed E-state index contributed by atoms with van der Waals surface area (Å²) < 4.78 is 5.11. The van der Waals surface area contributed by atoms with Crippen LogP contribution in [0.5, 0.6) is 5.75 Å². The van der Waals surface area contributed by atoms with Crippen LogP contribution in [-0.4, -0.2) is 31.0 Å². The molecule has 0 saturated carbocycles. The lowest BCUT2D eigenvalue weighted by Crippen LogP contribution is -2.43. The molecule has 2 aromatic rings. The van der Waals surface area contributed by atoms with Gasteiger partial charge >= 0.3 is 12.0 Å². The number of rotatable bonds is 7. The van der Waals surface area contributed by atoms with Gasteiger partial charge in [0.05, 0.1) is 0 Å². The van der Waals surface area contributed by atoms with Gasteiger partial charge in [-0.25, -0.2) is 9.59 Å². The number of urea groups is 1. The van der Waals surface area contributed by atoms with E-state index in [2.05, 4.69) is 11.9 Å². The van der Waals surface area contributed by atoms with Crippen LogP contribution in [0.2, 0.25) is 0 Å². The van der Waals surface area contributed by atoms with Crippen LogP contribution in [0.1, 0.15) is 10.4 Å². The Morgan fingerprint density at radius 2 is 1.73 bits per heavy atom. The highest BCUT2D eigenvalue weighted by Gasteiger charge is 2.16. The molecule has 0 fully saturated rings. The third-order valence-electron chi connectivity index (χ3n) is 3.38. The van der Waals surface area contributed by atoms with Gasteiger partial charge in [-0.15, -0.1) is 6.58 Å². The van der Waals surface area contributed by atoms with Crippen molar-refractivity contribution in [1.29, 1.82) is 0 Å². The largest absolute Gasteiger partial charge is 0.425 e. The molecule has 0 atom stereocenters. The molecule has 0 aliphatic heterocycles. The van der Waals surface area contributed by atoms with Crippen LogP contribution in [0.3, 0.4) is 0 Å². The number of nitrogens with zero attached hydrogens (tertiary/aromatic N) is 1. The van der Waals surface area contributed by atoms with E-state index < -0.39 is 17.9 Å². The molecule has 2 aromatic carbocycles. The maximum Gasteiger partial charge on any atom is 0.330 e. The maximum atomic E-state index is 12.4. The van der Waals surface area contributed by atoms with Gasteiger partial charge in [0, 0.05) is 17.8 Å². The molecule has 0 aromatic heterocycles. The van der Waals surface area contributed by atoms with Crippen LogP contribution in [-0.2, 0) is 4.79 Å². The second-order valence-corrected chi connectivity index (χ2v) is 5.26. The van der Waals surface area contributed by atoms with Gasteiger partial charge in [-0.3, -0.25) is 9.69 Å². The Kier molecular flexibility index (Phi) is 6.50. The molecular formula is C19H19N3O4. The summed E-state index contributed by atoms with van der Waals surface area (Å²) in [6.07, 6.45) is 1.55. The molecule has 3 N–H and O–H groups in total. The number of amides is 3. The second-order valence-electron chi connectivity index (χ2n) is 5.26. The van der Waals surface area contributed by atoms with Crippen LogP contribution in [0, 0.1) is 0 Å². The van der Waals surface area contributed by atoms with E-state index in [1.54, 1.807) is 48.5 Å². The zero-order valence-electron chi connectivity index (χ0n) is 14.1. The summed E-state index contributed by atoms with van der Waals surface area (Å²) in [6.45, 7) is 3.54. The monoisotopic (exact) mass is 353 g/mol. The Hall–Kier alpha value is -3.61. The number of carbonyl (C=O) groups excluding carboxylic acids is 3. The predicted molar refractivity (Wildman–Crippen MR) is 98.0 cm³/mol. The minimum Gasteiger partial charge on any atom is -0.425 e. The van der Waals surface area contributed by atoms with E-state index in [4.69, 9.17) is 10.5 Å². The molecule has 0 heterocycles. The Morgan fingerprint density at radius 1 is 1.08 bits per heavy atom. The fourth-order valence-corrected chi connectivity index (χ4v) is 2.14. The number of ether oxygens (including phenoxy) is 1. The normalized spacial score (nSPS) is 9.85. The maximum absolute atomic E-state index is 12.4. The highest BCUT2D eigenvalue weighted by molar-refractivity contribution is 5.96. The third kappa shape index (κ3) is 5.20. The molecule has 0 spiro atoms. The summed E-state index contributed by atoms with van der Waals surface area (Å²) in [6, 6.07) is 14.3. The van der Waals surface area contributed by atoms with E-state index in [1.807, 2.05) is 0 Å². The number of benzene rings is 2. The topological polar surface area (TPSA) is 102 Å². The molecule has 7 heteroatoms. The van der Waals surface area contributed by atoms with Gasteiger partial charge in [-0.2, -0.15) is 0 Å². The van der Waals surface area contributed by atoms with Gasteiger partial charge in [0.15, 0.2) is 0 Å². The predicted octanol–water partition coefficient (Wildman–Crippen LogP) is 2.09. The minimum atomic E-state index is -0.591. The highest BCUT2D eigenvalue weighted by Crippen LogP contribution is 2.15. The standard InChI is InChI=1S/C19H19N3O4/c1-2-12-22(15-10-8-14(9-11-15)18(20)24)19(25)21-13-17(23)26-16-6-4-3-5-7-16/h2-11H,1,12-13H2,(H2,20,24)(H,21,25). The zero-order chi connectivity index (χ0) is 18.9. The van der Waals surface area contributed by atoms with Gasteiger partial charge in [0.1, 0.15) is 12.3 Å². The van der Waals surface area contributed by atoms with Crippen molar-refractivity contribution >= 4 is 23.6 Å². The molecule has 0 aliphatic carbocycles. The Bertz CT molecular complexity index is 788. The zero-order valence-corrected chi connectivity index (χ0v) is 14.1. The fourth-order valence-electron chi connectivity index (χ4n) is 2.14. The number of nitrogens with one attached hydrogen (secondary N) is 1. The number of nitrogens with two attached hydrogens (primary N) is 1. The van der Waals surface area contributed by atoms with Crippen LogP contribution in [0.4, 0.5) is 10.5 Å². The van der Waals surface area contributed by atoms with E-state index in [1.165, 1.54) is 17.0 Å². The van der Waals surface area contributed by atoms with E-state index in [0.29, 0.717) is 17.0 Å². The summed E-state index contributed by atoms with van der Waals surface area (Å²) in [5.74, 6) is -0.746. The first-order valence-corrected chi connectivity index (χ1v) is 7.83. The Balaban J connectivity index is 1.98. The van der Waals surface area contributed by atoms with Crippen molar-refractivity contribution in [2.24, 2.45) is 5.73 Å². The van der Waals surface area contributed by atoms with Gasteiger partial charge in [0.2, 0.25) is 5.91 Å². The molecule has 2 rings (SSSR count). The van der Waals surface area contributed by atoms with Crippen LogP contribution in [0.25, 0.3) is 0 Å². The molecule has 0 bridgehead atoms. The van der Waals surface area contributed by atoms with Crippen LogP contribution in [0.15, 0.2) is 67.3 Å². The minimum absolute atomic E-state index is 0.218. The number of carbonyl (C=O) groups is 3. The van der Waals surface area contributed by atoms with E-state index >= 15 is 0 Å². The quantitative estimate of drug-likeness (QED) is 0.452. The Morgan fingerprint density at radius 3 is 2.31 bits per heavy atom. The number of hydrogen-bond donors (Lipinski definition) is 2. The van der Waals surface area contributed by atoms with Crippen LogP contribution >= 0.6 is 0 Å². The van der Waals surface area contributed by atoms with Crippen molar-refractivity contribution < 1.29 is 19.1 Å². The van der Waals surface area contributed by atoms with Gasteiger partial charge in [0.25, 0.3) is 0 Å². The fraction of sp³-hybridized carbons (Fsp3) is 0.105. The average Bonchev–Trinajstić information content (AvgIpc) is 2.65. The number of para-hydroxylation sites is 1. The Labute approximate surface area is 151 Å². The first kappa shape index (κ1) is 18.7. The lowest BCUT2D eigenvalue weighted by Gasteiger charge is -2.21. The second kappa shape index (κ2) is 9.03. The van der Waals surface area contributed by atoms with E-state index in [9.17, 15) is 14.4 Å². The lowest BCUT2D eigenvalue weighted by molar-refractivity contribution is -0.133. The number of anilines is 1. The molecule has 3 amide bonds. The van der Waals surface area contributed by atoms with E-state index in [-0.39, 0.29) is 13.1 Å². The number of primary amides is 1. The summed E-state index contributed by atoms with van der Waals surface area (Å²) >= 11 is 0. The van der Waals surface area contributed by atoms with Gasteiger partial charge in [-0.05, 0) is 36.4 Å². The smallest absolute Gasteiger partial charge is 0.330 e. The van der Waals surface area contributed by atoms with Crippen molar-refractivity contribution in [2.45, 2.75) is 0 Å². The molecule has 134 valence electrons. The van der Waals surface area contributed by atoms with Crippen LogP contribution < -0.4 is 20.7 Å². The average molecular weight is 353 g/mol. The van der Waals surface area contributed by atoms with Gasteiger partial charge in [-0.1, -0.05) is 24.3 Å². The van der Waals surface area contributed by atoms with Crippen molar-refractivity contribution in [3.05, 3.63) is 72.8 Å². The first-order chi connectivity index (χ1) is 12.5. The van der Waals surface area contributed by atoms with Crippen molar-refractivity contribution in [2.75, 3.05) is 18.0 Å². The van der Waals surface area contributed by atoms with Crippen molar-refractivity contribution in [3.8, 4) is 5.75 Å². The summed E-state index contributed by atoms with van der Waals surface area (Å²) in [5, 5.41) is 2.50. The summed E-state index contributed by atoms with van der Waals surface area (Å²) in [4.78, 5) is 36.7. The lowest BCUT2D eigenvalue weighted by atomic mass is 10.2. The number of esters is 1. The molecular weight excluding hydrogens is 334 g/mol. The SMILES string of the molecule is C=CCN(C(=O)NCC(=O)Oc1ccccc1)c1ccc(C(N)=O)cc1. The van der Waals surface area contributed by atoms with Crippen molar-refractivity contribution in [1.82, 2.24) is 5.32 Å². The number of hydrogen-bond acceptors (Lipinski definition) is 4. The molecule has 0 aliphatic rings. The third-order valence-corrected chi connectivity index (χ3v) is 3.38. The molecule has 7 nitrogen and oxygen atoms in total. The van der Waals surface area contributed by atoms with Crippen molar-refractivity contribution in [3.63, 3.8) is 0 Å². The summed E-state index contributed by atoms with van der Waals surface area (Å²) in [7, 11) is 0. The summed E-state index contributed by atoms with van der Waals surface area (Å²) in [5.41, 5.74) is 6.07. The highest BCUT2D eigenvalue weighted by atomic mass is 16.5.